The fourth-order valence-corrected chi connectivity index (χ4v) is 0.791. The molecule has 66 valence electrons. The standard InChI is InChI=1S/C6H7N.C6H6/c1-2-4-6-7-5-3-1;1-2-4-6-5-3-1/h1-7H;1-6H. The van der Waals surface area contributed by atoms with E-state index in [4.69, 9.17) is 0 Å². The molecule has 1 nitrogen and oxygen atoms in total. The number of allylic oxidation sites excluding steroid dienone is 4. The molecule has 0 saturated carbocycles. The lowest BCUT2D eigenvalue weighted by Gasteiger charge is -1.79. The summed E-state index contributed by atoms with van der Waals surface area (Å²) in [5.41, 5.74) is 0. The molecule has 0 saturated heterocycles. The Hall–Kier alpha value is -1.76. The Morgan fingerprint density at radius 1 is 0.462 bits per heavy atom. The average molecular weight is 171 g/mol. The number of hydrogen-bond acceptors (Lipinski definition) is 1. The largest absolute Gasteiger partial charge is 0.368 e. The summed E-state index contributed by atoms with van der Waals surface area (Å²) in [6, 6.07) is 12.0. The smallest absolute Gasteiger partial charge is 0.000442 e. The van der Waals surface area contributed by atoms with Crippen molar-refractivity contribution in [3.8, 4) is 0 Å². The summed E-state index contributed by atoms with van der Waals surface area (Å²) >= 11 is 0. The Bertz CT molecular complexity index is 243. The topological polar surface area (TPSA) is 12.0 Å². The fourth-order valence-electron chi connectivity index (χ4n) is 0.791. The van der Waals surface area contributed by atoms with Crippen LogP contribution in [0.4, 0.5) is 0 Å². The summed E-state index contributed by atoms with van der Waals surface area (Å²) < 4.78 is 0. The van der Waals surface area contributed by atoms with Crippen LogP contribution in [0.25, 0.3) is 0 Å². The van der Waals surface area contributed by atoms with Crippen molar-refractivity contribution in [1.82, 2.24) is 5.32 Å². The molecule has 1 heterocycles. The summed E-state index contributed by atoms with van der Waals surface area (Å²) in [6.45, 7) is 0. The highest BCUT2D eigenvalue weighted by Gasteiger charge is 1.67. The fraction of sp³-hybridized carbons (Fsp3) is 0. The minimum absolute atomic E-state index is 1.88. The first-order valence-corrected chi connectivity index (χ1v) is 4.24. The van der Waals surface area contributed by atoms with Crippen LogP contribution in [0.1, 0.15) is 0 Å². The third-order valence-electron chi connectivity index (χ3n) is 1.38. The van der Waals surface area contributed by atoms with E-state index in [0.29, 0.717) is 0 Å². The van der Waals surface area contributed by atoms with Crippen LogP contribution in [0.3, 0.4) is 0 Å². The van der Waals surface area contributed by atoms with Crippen molar-refractivity contribution in [2.45, 2.75) is 0 Å². The molecular formula is C12H13N. The lowest BCUT2D eigenvalue weighted by molar-refractivity contribution is 1.20. The van der Waals surface area contributed by atoms with E-state index in [1.807, 2.05) is 73.1 Å². The van der Waals surface area contributed by atoms with Gasteiger partial charge in [-0.1, -0.05) is 48.6 Å². The molecule has 0 aromatic heterocycles. The molecule has 0 aliphatic carbocycles. The Labute approximate surface area is 79.1 Å². The summed E-state index contributed by atoms with van der Waals surface area (Å²) in [7, 11) is 0. The Morgan fingerprint density at radius 3 is 1.23 bits per heavy atom. The molecule has 1 aromatic rings. The van der Waals surface area contributed by atoms with E-state index in [1.165, 1.54) is 0 Å². The van der Waals surface area contributed by atoms with Gasteiger partial charge in [0.25, 0.3) is 0 Å². The van der Waals surface area contributed by atoms with Crippen LogP contribution in [0.5, 0.6) is 0 Å². The second-order valence-electron chi connectivity index (χ2n) is 2.42. The van der Waals surface area contributed by atoms with Crippen molar-refractivity contribution in [2.24, 2.45) is 0 Å². The van der Waals surface area contributed by atoms with Crippen LogP contribution in [-0.2, 0) is 0 Å². The monoisotopic (exact) mass is 171 g/mol. The van der Waals surface area contributed by atoms with Gasteiger partial charge in [0, 0.05) is 12.4 Å². The highest BCUT2D eigenvalue weighted by molar-refractivity contribution is 5.14. The summed E-state index contributed by atoms with van der Waals surface area (Å²) in [5.74, 6) is 0. The van der Waals surface area contributed by atoms with Crippen molar-refractivity contribution >= 4 is 0 Å². The normalized spacial score (nSPS) is 12.3. The first-order chi connectivity index (χ1) is 6.50. The van der Waals surface area contributed by atoms with Crippen LogP contribution in [0.2, 0.25) is 0 Å². The van der Waals surface area contributed by atoms with E-state index in [-0.39, 0.29) is 0 Å². The molecule has 0 amide bonds. The first-order valence-electron chi connectivity index (χ1n) is 4.24. The third-order valence-corrected chi connectivity index (χ3v) is 1.38. The van der Waals surface area contributed by atoms with Crippen LogP contribution in [0, 0.1) is 0 Å². The van der Waals surface area contributed by atoms with Crippen LogP contribution >= 0.6 is 0 Å². The highest BCUT2D eigenvalue weighted by Crippen LogP contribution is 1.81. The van der Waals surface area contributed by atoms with E-state index >= 15 is 0 Å². The molecule has 0 radical (unpaired) electrons. The molecule has 1 aromatic carbocycles. The van der Waals surface area contributed by atoms with Crippen molar-refractivity contribution in [1.29, 1.82) is 0 Å². The molecule has 0 spiro atoms. The van der Waals surface area contributed by atoms with Gasteiger partial charge in [0.1, 0.15) is 0 Å². The molecule has 2 rings (SSSR count). The van der Waals surface area contributed by atoms with Crippen LogP contribution in [0.15, 0.2) is 73.1 Å². The Morgan fingerprint density at radius 2 is 0.846 bits per heavy atom. The van der Waals surface area contributed by atoms with E-state index < -0.39 is 0 Å². The molecule has 0 atom stereocenters. The SMILES string of the molecule is C1=CC=CNC=C1.c1ccccc1. The number of benzene rings is 1. The summed E-state index contributed by atoms with van der Waals surface area (Å²) in [4.78, 5) is 0. The van der Waals surface area contributed by atoms with Gasteiger partial charge in [-0.25, -0.2) is 0 Å². The minimum atomic E-state index is 1.88. The molecule has 0 unspecified atom stereocenters. The van der Waals surface area contributed by atoms with Crippen LogP contribution in [-0.4, -0.2) is 0 Å². The molecular weight excluding hydrogens is 158 g/mol. The van der Waals surface area contributed by atoms with E-state index in [2.05, 4.69) is 5.32 Å². The second-order valence-corrected chi connectivity index (χ2v) is 2.42. The maximum atomic E-state index is 2.92. The average Bonchev–Trinajstić information content (AvgIpc) is 2.53. The number of rotatable bonds is 0. The quantitative estimate of drug-likeness (QED) is 0.633. The van der Waals surface area contributed by atoms with Crippen molar-refractivity contribution in [2.75, 3.05) is 0 Å². The van der Waals surface area contributed by atoms with E-state index in [0.717, 1.165) is 0 Å². The van der Waals surface area contributed by atoms with Gasteiger partial charge in [0.05, 0.1) is 0 Å². The Balaban J connectivity index is 0.000000132. The lowest BCUT2D eigenvalue weighted by atomic mass is 10.4. The van der Waals surface area contributed by atoms with Gasteiger partial charge >= 0.3 is 0 Å². The van der Waals surface area contributed by atoms with Crippen molar-refractivity contribution < 1.29 is 0 Å². The molecule has 0 fully saturated rings. The zero-order valence-corrected chi connectivity index (χ0v) is 7.43. The van der Waals surface area contributed by atoms with Gasteiger partial charge in [0.2, 0.25) is 0 Å². The van der Waals surface area contributed by atoms with Crippen molar-refractivity contribution in [3.63, 3.8) is 0 Å². The number of nitrogens with one attached hydrogen (secondary N) is 1. The number of hydrogen-bond donors (Lipinski definition) is 1. The van der Waals surface area contributed by atoms with Crippen molar-refractivity contribution in [3.05, 3.63) is 73.1 Å². The Kier molecular flexibility index (Phi) is 4.97. The maximum Gasteiger partial charge on any atom is 0.000442 e. The van der Waals surface area contributed by atoms with Gasteiger partial charge in [0.15, 0.2) is 0 Å². The van der Waals surface area contributed by atoms with E-state index in [9.17, 15) is 0 Å². The predicted molar refractivity (Wildman–Crippen MR) is 57.0 cm³/mol. The van der Waals surface area contributed by atoms with Gasteiger partial charge in [-0.15, -0.1) is 0 Å². The molecule has 1 heteroatoms. The third kappa shape index (κ3) is 5.50. The minimum Gasteiger partial charge on any atom is -0.368 e. The molecule has 1 N–H and O–H groups in total. The molecule has 13 heavy (non-hydrogen) atoms. The first kappa shape index (κ1) is 9.33. The van der Waals surface area contributed by atoms with Gasteiger partial charge < -0.3 is 5.32 Å². The maximum absolute atomic E-state index is 2.92. The second kappa shape index (κ2) is 6.92. The van der Waals surface area contributed by atoms with Gasteiger partial charge in [-0.3, -0.25) is 0 Å². The molecule has 1 aliphatic rings. The summed E-state index contributed by atoms with van der Waals surface area (Å²) in [6.07, 6.45) is 11.6. The van der Waals surface area contributed by atoms with Gasteiger partial charge in [-0.05, 0) is 12.2 Å². The predicted octanol–water partition coefficient (Wildman–Crippen LogP) is 2.86. The lowest BCUT2D eigenvalue weighted by Crippen LogP contribution is -1.87. The van der Waals surface area contributed by atoms with Crippen LogP contribution < -0.4 is 5.32 Å². The highest BCUT2D eigenvalue weighted by atomic mass is 14.8. The zero-order valence-electron chi connectivity index (χ0n) is 7.43. The zero-order chi connectivity index (χ0) is 9.19. The van der Waals surface area contributed by atoms with Gasteiger partial charge in [-0.2, -0.15) is 0 Å². The van der Waals surface area contributed by atoms with E-state index in [1.54, 1.807) is 0 Å². The molecule has 1 aliphatic heterocycles. The molecule has 0 bridgehead atoms. The summed E-state index contributed by atoms with van der Waals surface area (Å²) in [5, 5.41) is 2.92.